The summed E-state index contributed by atoms with van der Waals surface area (Å²) in [6, 6.07) is 9.96. The van der Waals surface area contributed by atoms with Gasteiger partial charge in [-0.15, -0.1) is 13.2 Å². The molecule has 2 aromatic carbocycles. The van der Waals surface area contributed by atoms with E-state index in [4.69, 9.17) is 5.11 Å². The summed E-state index contributed by atoms with van der Waals surface area (Å²) in [5.74, 6) is -0.813. The highest BCUT2D eigenvalue weighted by molar-refractivity contribution is 5.67. The third-order valence-electron chi connectivity index (χ3n) is 2.59. The third kappa shape index (κ3) is 3.64. The Balaban J connectivity index is 2.35. The molecule has 0 bridgehead atoms. The first-order valence-electron chi connectivity index (χ1n) is 5.67. The summed E-state index contributed by atoms with van der Waals surface area (Å²) in [6.45, 7) is -0.122. The van der Waals surface area contributed by atoms with Crippen LogP contribution in [-0.4, -0.2) is 16.6 Å². The molecule has 2 N–H and O–H groups in total. The predicted molar refractivity (Wildman–Crippen MR) is 66.1 cm³/mol. The van der Waals surface area contributed by atoms with Crippen molar-refractivity contribution in [3.8, 4) is 22.6 Å². The van der Waals surface area contributed by atoms with Gasteiger partial charge in [-0.3, -0.25) is 0 Å². The summed E-state index contributed by atoms with van der Waals surface area (Å²) in [5, 5.41) is 18.4. The van der Waals surface area contributed by atoms with Gasteiger partial charge < -0.3 is 14.9 Å². The average molecular weight is 284 g/mol. The Morgan fingerprint density at radius 2 is 1.60 bits per heavy atom. The minimum Gasteiger partial charge on any atom is -0.508 e. The van der Waals surface area contributed by atoms with E-state index in [0.29, 0.717) is 16.7 Å². The normalized spacial score (nSPS) is 11.4. The van der Waals surface area contributed by atoms with Crippen molar-refractivity contribution >= 4 is 0 Å². The Hall–Kier alpha value is -2.21. The monoisotopic (exact) mass is 284 g/mol. The molecule has 0 atom stereocenters. The molecule has 2 rings (SSSR count). The van der Waals surface area contributed by atoms with Gasteiger partial charge in [0.25, 0.3) is 0 Å². The zero-order valence-electron chi connectivity index (χ0n) is 10.2. The van der Waals surface area contributed by atoms with Crippen LogP contribution < -0.4 is 4.74 Å². The van der Waals surface area contributed by atoms with Crippen molar-refractivity contribution in [1.29, 1.82) is 0 Å². The summed E-state index contributed by atoms with van der Waals surface area (Å²) in [7, 11) is 0. The largest absolute Gasteiger partial charge is 0.573 e. The second-order valence-corrected chi connectivity index (χ2v) is 4.12. The number of ether oxygens (including phenoxy) is 1. The molecule has 3 nitrogen and oxygen atoms in total. The molecule has 0 saturated carbocycles. The number of hydrogen-bond acceptors (Lipinski definition) is 3. The van der Waals surface area contributed by atoms with E-state index in [1.165, 1.54) is 12.1 Å². The van der Waals surface area contributed by atoms with Gasteiger partial charge in [-0.1, -0.05) is 24.3 Å². The van der Waals surface area contributed by atoms with E-state index in [1.807, 2.05) is 0 Å². The molecule has 0 saturated heterocycles. The lowest BCUT2D eigenvalue weighted by Gasteiger charge is -2.11. The minimum atomic E-state index is -4.81. The van der Waals surface area contributed by atoms with Gasteiger partial charge in [0.2, 0.25) is 0 Å². The SMILES string of the molecule is OCc1ccc(-c2cc(O)cc(OC(F)(F)F)c2)cc1. The van der Waals surface area contributed by atoms with E-state index >= 15 is 0 Å². The van der Waals surface area contributed by atoms with Gasteiger partial charge in [-0.05, 0) is 28.8 Å². The van der Waals surface area contributed by atoms with Crippen molar-refractivity contribution in [2.75, 3.05) is 0 Å². The highest BCUT2D eigenvalue weighted by Crippen LogP contribution is 2.32. The number of aliphatic hydroxyl groups is 1. The fourth-order valence-electron chi connectivity index (χ4n) is 1.75. The number of aliphatic hydroxyl groups excluding tert-OH is 1. The first-order chi connectivity index (χ1) is 9.37. The molecular formula is C14H11F3O3. The molecule has 20 heavy (non-hydrogen) atoms. The van der Waals surface area contributed by atoms with Crippen LogP contribution in [0.2, 0.25) is 0 Å². The first kappa shape index (κ1) is 14.2. The van der Waals surface area contributed by atoms with E-state index in [9.17, 15) is 18.3 Å². The third-order valence-corrected chi connectivity index (χ3v) is 2.59. The summed E-state index contributed by atoms with van der Waals surface area (Å²) >= 11 is 0. The Morgan fingerprint density at radius 1 is 0.950 bits per heavy atom. The van der Waals surface area contributed by atoms with Crippen LogP contribution in [0, 0.1) is 0 Å². The Bertz CT molecular complexity index is 592. The van der Waals surface area contributed by atoms with Crippen LogP contribution in [0.3, 0.4) is 0 Å². The second-order valence-electron chi connectivity index (χ2n) is 4.12. The second kappa shape index (κ2) is 5.42. The zero-order chi connectivity index (χ0) is 14.8. The zero-order valence-corrected chi connectivity index (χ0v) is 10.2. The molecule has 0 radical (unpaired) electrons. The van der Waals surface area contributed by atoms with Crippen LogP contribution in [0.25, 0.3) is 11.1 Å². The maximum absolute atomic E-state index is 12.2. The number of halogens is 3. The standard InChI is InChI=1S/C14H11F3O3/c15-14(16,17)20-13-6-11(5-12(19)7-13)10-3-1-9(8-18)2-4-10/h1-7,18-19H,8H2. The number of benzene rings is 2. The molecule has 0 fully saturated rings. The van der Waals surface area contributed by atoms with Crippen LogP contribution in [0.5, 0.6) is 11.5 Å². The number of alkyl halides is 3. The van der Waals surface area contributed by atoms with E-state index in [2.05, 4.69) is 4.74 Å². The van der Waals surface area contributed by atoms with E-state index in [-0.39, 0.29) is 12.4 Å². The van der Waals surface area contributed by atoms with Crippen molar-refractivity contribution in [2.24, 2.45) is 0 Å². The van der Waals surface area contributed by atoms with Gasteiger partial charge in [0.05, 0.1) is 6.61 Å². The van der Waals surface area contributed by atoms with Crippen LogP contribution >= 0.6 is 0 Å². The van der Waals surface area contributed by atoms with Crippen molar-refractivity contribution < 1.29 is 28.1 Å². The summed E-state index contributed by atoms with van der Waals surface area (Å²) in [6.07, 6.45) is -4.81. The molecule has 0 aliphatic heterocycles. The predicted octanol–water partition coefficient (Wildman–Crippen LogP) is 3.45. The first-order valence-corrected chi connectivity index (χ1v) is 5.67. The van der Waals surface area contributed by atoms with E-state index < -0.39 is 12.1 Å². The average Bonchev–Trinajstić information content (AvgIpc) is 2.36. The molecule has 0 aliphatic carbocycles. The molecular weight excluding hydrogens is 273 g/mol. The molecule has 0 aliphatic rings. The fraction of sp³-hybridized carbons (Fsp3) is 0.143. The summed E-state index contributed by atoms with van der Waals surface area (Å²) < 4.78 is 40.3. The van der Waals surface area contributed by atoms with Crippen LogP contribution in [0.15, 0.2) is 42.5 Å². The smallest absolute Gasteiger partial charge is 0.508 e. The number of hydrogen-bond donors (Lipinski definition) is 2. The van der Waals surface area contributed by atoms with Crippen LogP contribution in [-0.2, 0) is 6.61 Å². The number of aromatic hydroxyl groups is 1. The quantitative estimate of drug-likeness (QED) is 0.907. The molecule has 6 heteroatoms. The maximum Gasteiger partial charge on any atom is 0.573 e. The van der Waals surface area contributed by atoms with Crippen molar-refractivity contribution in [3.05, 3.63) is 48.0 Å². The molecule has 2 aromatic rings. The summed E-state index contributed by atoms with van der Waals surface area (Å²) in [5.41, 5.74) is 1.67. The van der Waals surface area contributed by atoms with Crippen molar-refractivity contribution in [3.63, 3.8) is 0 Å². The minimum absolute atomic E-state index is 0.122. The molecule has 106 valence electrons. The van der Waals surface area contributed by atoms with Crippen LogP contribution in [0.4, 0.5) is 13.2 Å². The number of phenols is 1. The molecule has 0 spiro atoms. The van der Waals surface area contributed by atoms with Gasteiger partial charge in [0.15, 0.2) is 0 Å². The van der Waals surface area contributed by atoms with Gasteiger partial charge in [-0.25, -0.2) is 0 Å². The van der Waals surface area contributed by atoms with Crippen molar-refractivity contribution in [2.45, 2.75) is 13.0 Å². The Morgan fingerprint density at radius 3 is 2.15 bits per heavy atom. The van der Waals surface area contributed by atoms with Gasteiger partial charge in [0.1, 0.15) is 11.5 Å². The van der Waals surface area contributed by atoms with E-state index in [0.717, 1.165) is 6.07 Å². The lowest BCUT2D eigenvalue weighted by atomic mass is 10.0. The highest BCUT2D eigenvalue weighted by atomic mass is 19.4. The van der Waals surface area contributed by atoms with Gasteiger partial charge in [-0.2, -0.15) is 0 Å². The Labute approximate surface area is 112 Å². The summed E-state index contributed by atoms with van der Waals surface area (Å²) in [4.78, 5) is 0. The lowest BCUT2D eigenvalue weighted by molar-refractivity contribution is -0.274. The molecule has 0 amide bonds. The van der Waals surface area contributed by atoms with Crippen molar-refractivity contribution in [1.82, 2.24) is 0 Å². The number of phenolic OH excluding ortho intramolecular Hbond substituents is 1. The van der Waals surface area contributed by atoms with Crippen LogP contribution in [0.1, 0.15) is 5.56 Å². The Kier molecular flexibility index (Phi) is 3.85. The molecule has 0 heterocycles. The highest BCUT2D eigenvalue weighted by Gasteiger charge is 2.31. The van der Waals surface area contributed by atoms with E-state index in [1.54, 1.807) is 24.3 Å². The molecule has 0 unspecified atom stereocenters. The lowest BCUT2D eigenvalue weighted by Crippen LogP contribution is -2.17. The van der Waals surface area contributed by atoms with Gasteiger partial charge >= 0.3 is 6.36 Å². The fourth-order valence-corrected chi connectivity index (χ4v) is 1.75. The topological polar surface area (TPSA) is 49.7 Å². The number of rotatable bonds is 3. The molecule has 0 aromatic heterocycles. The maximum atomic E-state index is 12.2. The van der Waals surface area contributed by atoms with Gasteiger partial charge in [0, 0.05) is 6.07 Å².